The first kappa shape index (κ1) is 8.02. The minimum atomic E-state index is -0.984. The Morgan fingerprint density at radius 1 is 1.08 bits per heavy atom. The van der Waals surface area contributed by atoms with Crippen molar-refractivity contribution in [2.75, 3.05) is 6.61 Å². The van der Waals surface area contributed by atoms with E-state index in [1.165, 1.54) is 24.1 Å². The Morgan fingerprint density at radius 3 is 2.58 bits per heavy atom. The molecule has 1 fully saturated rings. The molecule has 2 rings (SSSR count). The average Bonchev–Trinajstić information content (AvgIpc) is 2.21. The molecule has 1 nitrogen and oxygen atoms in total. The Bertz CT molecular complexity index is 229. The lowest BCUT2D eigenvalue weighted by atomic mass is 10.3. The van der Waals surface area contributed by atoms with Crippen molar-refractivity contribution in [1.29, 1.82) is 0 Å². The van der Waals surface area contributed by atoms with E-state index in [0.717, 1.165) is 6.61 Å². The topological polar surface area (TPSA) is 9.23 Å². The van der Waals surface area contributed by atoms with Gasteiger partial charge in [-0.2, -0.15) is 0 Å². The molecule has 0 amide bonds. The summed E-state index contributed by atoms with van der Waals surface area (Å²) in [4.78, 5) is 0. The lowest BCUT2D eigenvalue weighted by molar-refractivity contribution is 0.294. The van der Waals surface area contributed by atoms with E-state index in [1.807, 2.05) is 0 Å². The number of rotatable bonds is 1. The predicted octanol–water partition coefficient (Wildman–Crippen LogP) is 1.43. The van der Waals surface area contributed by atoms with Gasteiger partial charge in [-0.3, -0.25) is 0 Å². The largest absolute Gasteiger partial charge is 0.415 e. The zero-order valence-electron chi connectivity index (χ0n) is 7.20. The molecule has 1 saturated heterocycles. The van der Waals surface area contributed by atoms with Gasteiger partial charge in [-0.15, -0.1) is 0 Å². The molecule has 1 aliphatic rings. The molecule has 0 spiro atoms. The van der Waals surface area contributed by atoms with Gasteiger partial charge < -0.3 is 4.43 Å². The molecule has 1 aromatic rings. The second kappa shape index (κ2) is 3.87. The van der Waals surface area contributed by atoms with Crippen LogP contribution in [0.3, 0.4) is 0 Å². The standard InChI is InChI=1S/C10H14OSi/c1-2-6-10(7-3-1)12-9-5-4-8-11-12/h1-3,6-7,12H,4-5,8-9H2. The fraction of sp³-hybridized carbons (Fsp3) is 0.400. The second-order valence-corrected chi connectivity index (χ2v) is 5.82. The maximum absolute atomic E-state index is 5.80. The molecule has 0 N–H and O–H groups in total. The number of hydrogen-bond donors (Lipinski definition) is 0. The second-order valence-electron chi connectivity index (χ2n) is 3.27. The van der Waals surface area contributed by atoms with E-state index in [-0.39, 0.29) is 0 Å². The highest BCUT2D eigenvalue weighted by Gasteiger charge is 2.17. The molecule has 0 bridgehead atoms. The maximum atomic E-state index is 5.80. The summed E-state index contributed by atoms with van der Waals surface area (Å²) in [6, 6.07) is 12.0. The molecule has 12 heavy (non-hydrogen) atoms. The fourth-order valence-electron chi connectivity index (χ4n) is 1.67. The van der Waals surface area contributed by atoms with Crippen LogP contribution in [0.4, 0.5) is 0 Å². The number of benzene rings is 1. The molecule has 0 aliphatic carbocycles. The van der Waals surface area contributed by atoms with Crippen molar-refractivity contribution in [3.05, 3.63) is 30.3 Å². The number of hydrogen-bond acceptors (Lipinski definition) is 1. The van der Waals surface area contributed by atoms with E-state index in [2.05, 4.69) is 30.3 Å². The normalized spacial score (nSPS) is 23.8. The third-order valence-electron chi connectivity index (χ3n) is 2.35. The lowest BCUT2D eigenvalue weighted by Crippen LogP contribution is -2.36. The van der Waals surface area contributed by atoms with Crippen molar-refractivity contribution < 1.29 is 4.43 Å². The van der Waals surface area contributed by atoms with Gasteiger partial charge >= 0.3 is 0 Å². The molecule has 2 heteroatoms. The first-order valence-corrected chi connectivity index (χ1v) is 6.50. The van der Waals surface area contributed by atoms with Crippen LogP contribution in [0.25, 0.3) is 0 Å². The Labute approximate surface area is 75.1 Å². The van der Waals surface area contributed by atoms with Crippen LogP contribution in [-0.4, -0.2) is 15.6 Å². The summed E-state index contributed by atoms with van der Waals surface area (Å²) < 4.78 is 5.80. The Kier molecular flexibility index (Phi) is 2.59. The van der Waals surface area contributed by atoms with E-state index in [4.69, 9.17) is 4.43 Å². The third kappa shape index (κ3) is 1.76. The van der Waals surface area contributed by atoms with Crippen LogP contribution in [0.1, 0.15) is 12.8 Å². The first-order chi connectivity index (χ1) is 5.97. The third-order valence-corrected chi connectivity index (χ3v) is 5.05. The molecule has 0 radical (unpaired) electrons. The molecule has 64 valence electrons. The van der Waals surface area contributed by atoms with Gasteiger partial charge in [0.15, 0.2) is 0 Å². The van der Waals surface area contributed by atoms with Crippen LogP contribution in [0, 0.1) is 0 Å². The van der Waals surface area contributed by atoms with E-state index >= 15 is 0 Å². The van der Waals surface area contributed by atoms with Gasteiger partial charge in [-0.25, -0.2) is 0 Å². The van der Waals surface area contributed by atoms with E-state index in [9.17, 15) is 0 Å². The van der Waals surface area contributed by atoms with Gasteiger partial charge in [0.25, 0.3) is 0 Å². The Morgan fingerprint density at radius 2 is 1.92 bits per heavy atom. The van der Waals surface area contributed by atoms with Crippen molar-refractivity contribution in [2.45, 2.75) is 18.9 Å². The quantitative estimate of drug-likeness (QED) is 0.591. The van der Waals surface area contributed by atoms with Crippen molar-refractivity contribution in [3.63, 3.8) is 0 Å². The van der Waals surface area contributed by atoms with Gasteiger partial charge in [0.1, 0.15) is 0 Å². The van der Waals surface area contributed by atoms with E-state index in [0.29, 0.717) is 0 Å². The van der Waals surface area contributed by atoms with Crippen LogP contribution in [0.2, 0.25) is 6.04 Å². The van der Waals surface area contributed by atoms with Crippen molar-refractivity contribution in [2.24, 2.45) is 0 Å². The minimum Gasteiger partial charge on any atom is -0.415 e. The maximum Gasteiger partial charge on any atom is 0.208 e. The smallest absolute Gasteiger partial charge is 0.208 e. The Balaban J connectivity index is 2.08. The summed E-state index contributed by atoms with van der Waals surface area (Å²) >= 11 is 0. The minimum absolute atomic E-state index is 0.984. The SMILES string of the molecule is c1ccc([SiH]2CCCCO2)cc1. The van der Waals surface area contributed by atoms with E-state index < -0.39 is 9.04 Å². The average molecular weight is 178 g/mol. The fourth-order valence-corrected chi connectivity index (χ4v) is 4.13. The highest BCUT2D eigenvalue weighted by Crippen LogP contribution is 2.10. The summed E-state index contributed by atoms with van der Waals surface area (Å²) in [7, 11) is -0.984. The molecule has 0 saturated carbocycles. The summed E-state index contributed by atoms with van der Waals surface area (Å²) in [6.07, 6.45) is 2.63. The molecular formula is C10H14OSi. The van der Waals surface area contributed by atoms with Crippen LogP contribution in [0.5, 0.6) is 0 Å². The van der Waals surface area contributed by atoms with Crippen LogP contribution >= 0.6 is 0 Å². The van der Waals surface area contributed by atoms with Crippen molar-refractivity contribution in [1.82, 2.24) is 0 Å². The van der Waals surface area contributed by atoms with Crippen LogP contribution in [-0.2, 0) is 4.43 Å². The van der Waals surface area contributed by atoms with Gasteiger partial charge in [-0.1, -0.05) is 36.8 Å². The molecule has 1 aliphatic heterocycles. The van der Waals surface area contributed by atoms with Gasteiger partial charge in [-0.05, 0) is 17.7 Å². The van der Waals surface area contributed by atoms with Crippen LogP contribution < -0.4 is 5.19 Å². The summed E-state index contributed by atoms with van der Waals surface area (Å²) in [5.41, 5.74) is 0. The van der Waals surface area contributed by atoms with Crippen molar-refractivity contribution in [3.8, 4) is 0 Å². The lowest BCUT2D eigenvalue weighted by Gasteiger charge is -2.21. The monoisotopic (exact) mass is 178 g/mol. The highest BCUT2D eigenvalue weighted by molar-refractivity contribution is 6.67. The van der Waals surface area contributed by atoms with Crippen LogP contribution in [0.15, 0.2) is 30.3 Å². The summed E-state index contributed by atoms with van der Waals surface area (Å²) in [5, 5.41) is 1.47. The Hall–Kier alpha value is -0.603. The zero-order valence-corrected chi connectivity index (χ0v) is 8.36. The van der Waals surface area contributed by atoms with Gasteiger partial charge in [0.2, 0.25) is 9.04 Å². The van der Waals surface area contributed by atoms with Crippen molar-refractivity contribution >= 4 is 14.2 Å². The van der Waals surface area contributed by atoms with Gasteiger partial charge in [0.05, 0.1) is 0 Å². The molecule has 1 atom stereocenters. The zero-order chi connectivity index (χ0) is 8.23. The van der Waals surface area contributed by atoms with Gasteiger partial charge in [0, 0.05) is 6.61 Å². The van der Waals surface area contributed by atoms with E-state index in [1.54, 1.807) is 0 Å². The highest BCUT2D eigenvalue weighted by atomic mass is 28.3. The summed E-state index contributed by atoms with van der Waals surface area (Å²) in [6.45, 7) is 0.992. The molecule has 1 aromatic carbocycles. The molecule has 0 aromatic heterocycles. The molecule has 1 unspecified atom stereocenters. The molecule has 1 heterocycles. The predicted molar refractivity (Wildman–Crippen MR) is 53.2 cm³/mol. The first-order valence-electron chi connectivity index (χ1n) is 4.63. The summed E-state index contributed by atoms with van der Waals surface area (Å²) in [5.74, 6) is 0. The molecular weight excluding hydrogens is 164 g/mol.